The minimum Gasteiger partial charge on any atom is -0.483 e. The van der Waals surface area contributed by atoms with Crippen molar-refractivity contribution in [2.75, 3.05) is 6.61 Å². The summed E-state index contributed by atoms with van der Waals surface area (Å²) in [7, 11) is 0. The molecule has 0 bridgehead atoms. The molecule has 0 aliphatic heterocycles. The highest BCUT2D eigenvalue weighted by atomic mass is 19.1. The van der Waals surface area contributed by atoms with E-state index in [1.54, 1.807) is 18.2 Å². The number of hydrogen-bond acceptors (Lipinski definition) is 2. The number of benzene rings is 2. The van der Waals surface area contributed by atoms with E-state index < -0.39 is 11.6 Å². The van der Waals surface area contributed by atoms with Gasteiger partial charge < -0.3 is 4.74 Å². The second-order valence-electron chi connectivity index (χ2n) is 4.03. The van der Waals surface area contributed by atoms with Crippen LogP contribution in [-0.2, 0) is 11.2 Å². The zero-order valence-corrected chi connectivity index (χ0v) is 10.1. The van der Waals surface area contributed by atoms with Gasteiger partial charge in [-0.2, -0.15) is 0 Å². The fourth-order valence-corrected chi connectivity index (χ4v) is 1.63. The normalized spacial score (nSPS) is 10.2. The molecular weight excluding hydrogens is 250 g/mol. The lowest BCUT2D eigenvalue weighted by Crippen LogP contribution is -2.15. The predicted molar refractivity (Wildman–Crippen MR) is 67.0 cm³/mol. The summed E-state index contributed by atoms with van der Waals surface area (Å²) in [5, 5.41) is 0. The molecule has 0 N–H and O–H groups in total. The lowest BCUT2D eigenvalue weighted by Gasteiger charge is -2.06. The van der Waals surface area contributed by atoms with E-state index in [1.165, 1.54) is 30.3 Å². The lowest BCUT2D eigenvalue weighted by molar-refractivity contribution is -0.120. The van der Waals surface area contributed by atoms with Gasteiger partial charge in [-0.05, 0) is 23.8 Å². The van der Waals surface area contributed by atoms with Crippen molar-refractivity contribution in [3.8, 4) is 5.75 Å². The van der Waals surface area contributed by atoms with Crippen molar-refractivity contribution in [2.24, 2.45) is 0 Å². The van der Waals surface area contributed by atoms with Crippen molar-refractivity contribution < 1.29 is 18.3 Å². The van der Waals surface area contributed by atoms with Gasteiger partial charge in [0.15, 0.2) is 17.3 Å². The van der Waals surface area contributed by atoms with E-state index in [2.05, 4.69) is 0 Å². The quantitative estimate of drug-likeness (QED) is 0.827. The summed E-state index contributed by atoms with van der Waals surface area (Å²) in [6, 6.07) is 11.9. The fourth-order valence-electron chi connectivity index (χ4n) is 1.63. The number of rotatable bonds is 5. The summed E-state index contributed by atoms with van der Waals surface area (Å²) in [6.45, 7) is -0.282. The van der Waals surface area contributed by atoms with E-state index in [4.69, 9.17) is 4.74 Å². The van der Waals surface area contributed by atoms with Crippen LogP contribution in [0.1, 0.15) is 5.56 Å². The molecule has 2 aromatic rings. The Balaban J connectivity index is 1.92. The molecule has 0 heterocycles. The molecule has 0 saturated heterocycles. The van der Waals surface area contributed by atoms with Gasteiger partial charge in [0.25, 0.3) is 0 Å². The maximum atomic E-state index is 13.3. The molecule has 0 amide bonds. The fraction of sp³-hybridized carbons (Fsp3) is 0.133. The van der Waals surface area contributed by atoms with Gasteiger partial charge >= 0.3 is 0 Å². The Kier molecular flexibility index (Phi) is 4.23. The first kappa shape index (κ1) is 13.2. The number of ketones is 1. The van der Waals surface area contributed by atoms with E-state index in [9.17, 15) is 13.6 Å². The molecule has 19 heavy (non-hydrogen) atoms. The first-order valence-electron chi connectivity index (χ1n) is 5.79. The van der Waals surface area contributed by atoms with Gasteiger partial charge in [0.1, 0.15) is 12.4 Å². The number of ether oxygens (including phenoxy) is 1. The van der Waals surface area contributed by atoms with Crippen LogP contribution in [0.4, 0.5) is 8.78 Å². The Bertz CT molecular complexity index is 582. The third-order valence-corrected chi connectivity index (χ3v) is 2.57. The van der Waals surface area contributed by atoms with Gasteiger partial charge in [0, 0.05) is 6.42 Å². The SMILES string of the molecule is O=C(COc1ccccc1F)Cc1ccccc1F. The maximum Gasteiger partial charge on any atom is 0.174 e. The number of carbonyl (C=O) groups is 1. The molecule has 2 aromatic carbocycles. The second-order valence-corrected chi connectivity index (χ2v) is 4.03. The Labute approximate surface area is 109 Å². The second kappa shape index (κ2) is 6.09. The van der Waals surface area contributed by atoms with Crippen molar-refractivity contribution in [3.63, 3.8) is 0 Å². The van der Waals surface area contributed by atoms with Crippen molar-refractivity contribution in [3.05, 3.63) is 65.7 Å². The van der Waals surface area contributed by atoms with E-state index in [-0.39, 0.29) is 24.6 Å². The number of carbonyl (C=O) groups excluding carboxylic acids is 1. The van der Waals surface area contributed by atoms with Crippen molar-refractivity contribution in [1.82, 2.24) is 0 Å². The topological polar surface area (TPSA) is 26.3 Å². The molecular formula is C15H12F2O2. The molecule has 4 heteroatoms. The molecule has 98 valence electrons. The van der Waals surface area contributed by atoms with Crippen molar-refractivity contribution >= 4 is 5.78 Å². The monoisotopic (exact) mass is 262 g/mol. The van der Waals surface area contributed by atoms with E-state index >= 15 is 0 Å². The third-order valence-electron chi connectivity index (χ3n) is 2.57. The summed E-state index contributed by atoms with van der Waals surface area (Å²) < 4.78 is 31.6. The van der Waals surface area contributed by atoms with E-state index in [0.29, 0.717) is 5.56 Å². The summed E-state index contributed by atoms with van der Waals surface area (Å²) in [6.07, 6.45) is -0.0683. The van der Waals surface area contributed by atoms with Crippen molar-refractivity contribution in [1.29, 1.82) is 0 Å². The molecule has 0 spiro atoms. The van der Waals surface area contributed by atoms with Gasteiger partial charge in [-0.25, -0.2) is 8.78 Å². The summed E-state index contributed by atoms with van der Waals surface area (Å²) >= 11 is 0. The molecule has 2 rings (SSSR count). The smallest absolute Gasteiger partial charge is 0.174 e. The molecule has 0 fully saturated rings. The van der Waals surface area contributed by atoms with Crippen LogP contribution >= 0.6 is 0 Å². The highest BCUT2D eigenvalue weighted by molar-refractivity contribution is 5.82. The standard InChI is InChI=1S/C15H12F2O2/c16-13-6-2-1-5-11(13)9-12(18)10-19-15-8-4-3-7-14(15)17/h1-8H,9-10H2. The summed E-state index contributed by atoms with van der Waals surface area (Å²) in [5.74, 6) is -1.25. The van der Waals surface area contributed by atoms with Crippen LogP contribution in [0.25, 0.3) is 0 Å². The minimum absolute atomic E-state index is 0.0179. The highest BCUT2D eigenvalue weighted by Gasteiger charge is 2.09. The van der Waals surface area contributed by atoms with Gasteiger partial charge in [-0.15, -0.1) is 0 Å². The number of Topliss-reactive ketones (excluding diaryl/α,β-unsaturated/α-hetero) is 1. The van der Waals surface area contributed by atoms with Crippen LogP contribution in [0.3, 0.4) is 0 Å². The third kappa shape index (κ3) is 3.61. The molecule has 0 aliphatic carbocycles. The molecule has 0 radical (unpaired) electrons. The van der Waals surface area contributed by atoms with Crippen LogP contribution in [-0.4, -0.2) is 12.4 Å². The molecule has 0 aromatic heterocycles. The average Bonchev–Trinajstić information content (AvgIpc) is 2.40. The molecule has 0 aliphatic rings. The van der Waals surface area contributed by atoms with Gasteiger partial charge in [-0.3, -0.25) is 4.79 Å². The van der Waals surface area contributed by atoms with Gasteiger partial charge in [0.2, 0.25) is 0 Å². The van der Waals surface area contributed by atoms with Crippen LogP contribution in [0.15, 0.2) is 48.5 Å². The van der Waals surface area contributed by atoms with Crippen LogP contribution in [0.2, 0.25) is 0 Å². The zero-order valence-electron chi connectivity index (χ0n) is 10.1. The lowest BCUT2D eigenvalue weighted by atomic mass is 10.1. The molecule has 0 atom stereocenters. The largest absolute Gasteiger partial charge is 0.483 e. The van der Waals surface area contributed by atoms with E-state index in [0.717, 1.165) is 0 Å². The number of hydrogen-bond donors (Lipinski definition) is 0. The van der Waals surface area contributed by atoms with Gasteiger partial charge in [0.05, 0.1) is 0 Å². The summed E-state index contributed by atoms with van der Waals surface area (Å²) in [4.78, 5) is 11.6. The number of halogens is 2. The van der Waals surface area contributed by atoms with Crippen LogP contribution < -0.4 is 4.74 Å². The highest BCUT2D eigenvalue weighted by Crippen LogP contribution is 2.15. The Morgan fingerprint density at radius 3 is 2.26 bits per heavy atom. The predicted octanol–water partition coefficient (Wildman–Crippen LogP) is 3.16. The van der Waals surface area contributed by atoms with Crippen LogP contribution in [0.5, 0.6) is 5.75 Å². The maximum absolute atomic E-state index is 13.3. The Morgan fingerprint density at radius 1 is 0.947 bits per heavy atom. The number of para-hydroxylation sites is 1. The van der Waals surface area contributed by atoms with Crippen molar-refractivity contribution in [2.45, 2.75) is 6.42 Å². The molecule has 0 saturated carbocycles. The molecule has 2 nitrogen and oxygen atoms in total. The average molecular weight is 262 g/mol. The Hall–Kier alpha value is -2.23. The minimum atomic E-state index is -0.527. The first-order valence-corrected chi connectivity index (χ1v) is 5.79. The van der Waals surface area contributed by atoms with E-state index in [1.807, 2.05) is 0 Å². The first-order chi connectivity index (χ1) is 9.16. The zero-order chi connectivity index (χ0) is 13.7. The Morgan fingerprint density at radius 2 is 1.58 bits per heavy atom. The molecule has 0 unspecified atom stereocenters. The summed E-state index contributed by atoms with van der Waals surface area (Å²) in [5.41, 5.74) is 0.310. The van der Waals surface area contributed by atoms with Crippen LogP contribution in [0, 0.1) is 11.6 Å². The van der Waals surface area contributed by atoms with Gasteiger partial charge in [-0.1, -0.05) is 30.3 Å².